The van der Waals surface area contributed by atoms with Gasteiger partial charge in [-0.25, -0.2) is 4.39 Å². The van der Waals surface area contributed by atoms with Crippen molar-refractivity contribution in [3.05, 3.63) is 59.7 Å². The van der Waals surface area contributed by atoms with Gasteiger partial charge in [0, 0.05) is 32.4 Å². The fourth-order valence-corrected chi connectivity index (χ4v) is 2.94. The number of rotatable bonds is 3. The van der Waals surface area contributed by atoms with E-state index >= 15 is 0 Å². The van der Waals surface area contributed by atoms with Gasteiger partial charge in [-0.1, -0.05) is 12.1 Å². The lowest BCUT2D eigenvalue weighted by atomic mass is 10.1. The van der Waals surface area contributed by atoms with Crippen LogP contribution in [0.4, 0.5) is 4.39 Å². The predicted octanol–water partition coefficient (Wildman–Crippen LogP) is 2.07. The monoisotopic (exact) mass is 329 g/mol. The first kappa shape index (κ1) is 16.2. The summed E-state index contributed by atoms with van der Waals surface area (Å²) in [4.78, 5) is 31.2. The van der Waals surface area contributed by atoms with Crippen molar-refractivity contribution in [3.8, 4) is 0 Å². The molecule has 126 valence electrons. The van der Waals surface area contributed by atoms with Crippen molar-refractivity contribution in [2.75, 3.05) is 26.2 Å². The molecule has 2 heterocycles. The zero-order valence-corrected chi connectivity index (χ0v) is 13.4. The van der Waals surface area contributed by atoms with E-state index in [9.17, 15) is 14.0 Å². The highest BCUT2D eigenvalue weighted by Gasteiger charge is 2.23. The number of hydrogen-bond donors (Lipinski definition) is 1. The van der Waals surface area contributed by atoms with Crippen molar-refractivity contribution in [3.63, 3.8) is 0 Å². The van der Waals surface area contributed by atoms with Crippen molar-refractivity contribution >= 4 is 11.8 Å². The molecule has 1 N–H and O–H groups in total. The van der Waals surface area contributed by atoms with Gasteiger partial charge in [-0.3, -0.25) is 9.59 Å². The van der Waals surface area contributed by atoms with Crippen LogP contribution in [0.15, 0.2) is 42.6 Å². The molecule has 6 heteroatoms. The second kappa shape index (κ2) is 7.29. The molecule has 0 atom stereocenters. The number of nitrogens with zero attached hydrogens (tertiary/aromatic N) is 2. The summed E-state index contributed by atoms with van der Waals surface area (Å²) in [6.07, 6.45) is 2.64. The molecule has 0 bridgehead atoms. The molecule has 1 fully saturated rings. The number of halogens is 1. The lowest BCUT2D eigenvalue weighted by Gasteiger charge is -2.22. The van der Waals surface area contributed by atoms with Gasteiger partial charge in [0.2, 0.25) is 5.91 Å². The number of nitrogens with one attached hydrogen (secondary N) is 1. The fraction of sp³-hybridized carbons (Fsp3) is 0.333. The van der Waals surface area contributed by atoms with Crippen molar-refractivity contribution in [1.29, 1.82) is 0 Å². The second-order valence-corrected chi connectivity index (χ2v) is 5.92. The zero-order valence-electron chi connectivity index (χ0n) is 13.4. The maximum atomic E-state index is 13.2. The van der Waals surface area contributed by atoms with Crippen molar-refractivity contribution < 1.29 is 14.0 Å². The summed E-state index contributed by atoms with van der Waals surface area (Å²) in [7, 11) is 0. The van der Waals surface area contributed by atoms with Gasteiger partial charge in [0.05, 0.1) is 6.42 Å². The van der Waals surface area contributed by atoms with Gasteiger partial charge in [-0.05, 0) is 36.2 Å². The number of aromatic amines is 1. The third-order valence-corrected chi connectivity index (χ3v) is 4.21. The van der Waals surface area contributed by atoms with E-state index in [1.165, 1.54) is 12.1 Å². The Bertz CT molecular complexity index is 715. The SMILES string of the molecule is O=C(Cc1cccc(F)c1)N1CCCN(C(=O)c2ccc[nH]2)CC1. The standard InChI is InChI=1S/C18H20FN3O2/c19-15-5-1-4-14(12-15)13-17(23)21-8-3-9-22(11-10-21)18(24)16-6-2-7-20-16/h1-2,4-7,12,20H,3,8-11,13H2. The van der Waals surface area contributed by atoms with Crippen molar-refractivity contribution in [2.45, 2.75) is 12.8 Å². The zero-order chi connectivity index (χ0) is 16.9. The predicted molar refractivity (Wildman–Crippen MR) is 88.0 cm³/mol. The molecule has 1 aliphatic heterocycles. The number of hydrogen-bond acceptors (Lipinski definition) is 2. The van der Waals surface area contributed by atoms with Gasteiger partial charge in [0.25, 0.3) is 5.91 Å². The van der Waals surface area contributed by atoms with E-state index in [2.05, 4.69) is 4.98 Å². The molecular formula is C18H20FN3O2. The largest absolute Gasteiger partial charge is 0.357 e. The summed E-state index contributed by atoms with van der Waals surface area (Å²) in [6.45, 7) is 2.25. The Labute approximate surface area is 140 Å². The van der Waals surface area contributed by atoms with Crippen LogP contribution < -0.4 is 0 Å². The van der Waals surface area contributed by atoms with Crippen molar-refractivity contribution in [2.24, 2.45) is 0 Å². The molecule has 24 heavy (non-hydrogen) atoms. The molecule has 1 saturated heterocycles. The molecule has 2 aromatic rings. The molecule has 3 rings (SSSR count). The average molecular weight is 329 g/mol. The maximum absolute atomic E-state index is 13.2. The van der Waals surface area contributed by atoms with E-state index in [0.29, 0.717) is 37.4 Å². The quantitative estimate of drug-likeness (QED) is 0.937. The van der Waals surface area contributed by atoms with Crippen LogP contribution in [0, 0.1) is 5.82 Å². The fourth-order valence-electron chi connectivity index (χ4n) is 2.94. The topological polar surface area (TPSA) is 56.4 Å². The van der Waals surface area contributed by atoms with Crippen LogP contribution in [-0.2, 0) is 11.2 Å². The van der Waals surface area contributed by atoms with Gasteiger partial charge in [0.15, 0.2) is 0 Å². The Morgan fingerprint density at radius 1 is 1.04 bits per heavy atom. The Morgan fingerprint density at radius 3 is 2.58 bits per heavy atom. The number of aromatic nitrogens is 1. The molecule has 0 spiro atoms. The minimum Gasteiger partial charge on any atom is -0.357 e. The number of H-pyrrole nitrogens is 1. The molecule has 0 unspecified atom stereocenters. The van der Waals surface area contributed by atoms with Crippen LogP contribution in [-0.4, -0.2) is 52.8 Å². The molecule has 1 aliphatic rings. The van der Waals surface area contributed by atoms with Crippen LogP contribution >= 0.6 is 0 Å². The van der Waals surface area contributed by atoms with Crippen molar-refractivity contribution in [1.82, 2.24) is 14.8 Å². The van der Waals surface area contributed by atoms with E-state index in [-0.39, 0.29) is 24.1 Å². The Kier molecular flexibility index (Phi) is 4.93. The first-order valence-corrected chi connectivity index (χ1v) is 8.08. The molecule has 1 aromatic heterocycles. The number of amides is 2. The van der Waals surface area contributed by atoms with Crippen LogP contribution in [0.25, 0.3) is 0 Å². The normalized spacial score (nSPS) is 15.2. The molecule has 0 radical (unpaired) electrons. The van der Waals surface area contributed by atoms with E-state index < -0.39 is 0 Å². The Morgan fingerprint density at radius 2 is 1.83 bits per heavy atom. The molecule has 5 nitrogen and oxygen atoms in total. The molecular weight excluding hydrogens is 309 g/mol. The van der Waals surface area contributed by atoms with Gasteiger partial charge in [0.1, 0.15) is 11.5 Å². The highest BCUT2D eigenvalue weighted by atomic mass is 19.1. The third kappa shape index (κ3) is 3.82. The highest BCUT2D eigenvalue weighted by molar-refractivity contribution is 5.92. The summed E-state index contributed by atoms with van der Waals surface area (Å²) in [6, 6.07) is 9.65. The van der Waals surface area contributed by atoms with Gasteiger partial charge in [-0.2, -0.15) is 0 Å². The second-order valence-electron chi connectivity index (χ2n) is 5.92. The average Bonchev–Trinajstić information content (AvgIpc) is 2.98. The number of carbonyl (C=O) groups excluding carboxylic acids is 2. The molecule has 2 amide bonds. The minimum absolute atomic E-state index is 0.0326. The number of carbonyl (C=O) groups is 2. The summed E-state index contributed by atoms with van der Waals surface area (Å²) < 4.78 is 13.2. The summed E-state index contributed by atoms with van der Waals surface area (Å²) >= 11 is 0. The molecule has 0 aliphatic carbocycles. The number of benzene rings is 1. The maximum Gasteiger partial charge on any atom is 0.270 e. The Balaban J connectivity index is 1.59. The summed E-state index contributed by atoms with van der Waals surface area (Å²) in [5, 5.41) is 0. The van der Waals surface area contributed by atoms with E-state index in [4.69, 9.17) is 0 Å². The highest BCUT2D eigenvalue weighted by Crippen LogP contribution is 2.11. The van der Waals surface area contributed by atoms with E-state index in [0.717, 1.165) is 6.42 Å². The van der Waals surface area contributed by atoms with Gasteiger partial charge in [-0.15, -0.1) is 0 Å². The van der Waals surface area contributed by atoms with Gasteiger partial charge < -0.3 is 14.8 Å². The van der Waals surface area contributed by atoms with Crippen LogP contribution in [0.3, 0.4) is 0 Å². The van der Waals surface area contributed by atoms with E-state index in [1.807, 2.05) is 0 Å². The van der Waals surface area contributed by atoms with Crippen LogP contribution in [0.2, 0.25) is 0 Å². The first-order valence-electron chi connectivity index (χ1n) is 8.08. The van der Waals surface area contributed by atoms with Crippen LogP contribution in [0.1, 0.15) is 22.5 Å². The lowest BCUT2D eigenvalue weighted by Crippen LogP contribution is -2.38. The summed E-state index contributed by atoms with van der Waals surface area (Å²) in [5.41, 5.74) is 1.23. The Hall–Kier alpha value is -2.63. The third-order valence-electron chi connectivity index (χ3n) is 4.21. The lowest BCUT2D eigenvalue weighted by molar-refractivity contribution is -0.130. The molecule has 0 saturated carbocycles. The summed E-state index contributed by atoms with van der Waals surface area (Å²) in [5.74, 6) is -0.409. The smallest absolute Gasteiger partial charge is 0.270 e. The van der Waals surface area contributed by atoms with E-state index in [1.54, 1.807) is 40.3 Å². The molecule has 1 aromatic carbocycles. The van der Waals surface area contributed by atoms with Gasteiger partial charge >= 0.3 is 0 Å². The minimum atomic E-state index is -0.334. The first-order chi connectivity index (χ1) is 11.6. The van der Waals surface area contributed by atoms with Crippen LogP contribution in [0.5, 0.6) is 0 Å².